The lowest BCUT2D eigenvalue weighted by atomic mass is 10.2. The number of carbonyl (C=O) groups is 1. The second kappa shape index (κ2) is 7.90. The van der Waals surface area contributed by atoms with Crippen LogP contribution in [0, 0.1) is 5.92 Å². The molecule has 0 spiro atoms. The van der Waals surface area contributed by atoms with E-state index in [-0.39, 0.29) is 5.92 Å². The van der Waals surface area contributed by atoms with Gasteiger partial charge in [-0.05, 0) is 19.3 Å². The lowest BCUT2D eigenvalue weighted by Gasteiger charge is -2.28. The Morgan fingerprint density at radius 3 is 2.60 bits per heavy atom. The largest absolute Gasteiger partial charge is 0.393 e. The van der Waals surface area contributed by atoms with E-state index in [4.69, 9.17) is 22.7 Å². The molecule has 5 nitrogen and oxygen atoms in total. The highest BCUT2D eigenvalue weighted by Gasteiger charge is 2.33. The van der Waals surface area contributed by atoms with E-state index in [1.54, 1.807) is 0 Å². The molecule has 0 unspecified atom stereocenters. The highest BCUT2D eigenvalue weighted by molar-refractivity contribution is 7.80. The molecule has 1 amide bonds. The van der Waals surface area contributed by atoms with Gasteiger partial charge in [-0.1, -0.05) is 12.2 Å². The van der Waals surface area contributed by atoms with Gasteiger partial charge in [0.25, 0.3) is 0 Å². The van der Waals surface area contributed by atoms with Crippen molar-refractivity contribution < 1.29 is 9.53 Å². The minimum absolute atomic E-state index is 0.268. The molecule has 1 heterocycles. The van der Waals surface area contributed by atoms with Gasteiger partial charge in [-0.25, -0.2) is 0 Å². The molecule has 114 valence electrons. The molecule has 1 saturated carbocycles. The highest BCUT2D eigenvalue weighted by Crippen LogP contribution is 2.31. The maximum Gasteiger partial charge on any atom is 0.225 e. The van der Waals surface area contributed by atoms with Crippen LogP contribution in [0.4, 0.5) is 0 Å². The number of ether oxygens (including phenoxy) is 1. The van der Waals surface area contributed by atoms with Crippen LogP contribution in [0.3, 0.4) is 0 Å². The molecule has 2 rings (SSSR count). The minimum Gasteiger partial charge on any atom is -0.393 e. The zero-order valence-electron chi connectivity index (χ0n) is 12.1. The van der Waals surface area contributed by atoms with Crippen molar-refractivity contribution in [3.8, 4) is 0 Å². The van der Waals surface area contributed by atoms with E-state index in [9.17, 15) is 4.79 Å². The van der Waals surface area contributed by atoms with E-state index < -0.39 is 0 Å². The Hall–Kier alpha value is -0.720. The molecule has 0 aromatic carbocycles. The molecule has 1 aliphatic heterocycles. The van der Waals surface area contributed by atoms with E-state index in [1.165, 1.54) is 0 Å². The third kappa shape index (κ3) is 5.34. The van der Waals surface area contributed by atoms with Gasteiger partial charge in [0.15, 0.2) is 0 Å². The SMILES string of the molecule is NC(=S)CCN(CCCN1CCOCC1)C(=O)C1CC1. The zero-order valence-corrected chi connectivity index (χ0v) is 12.9. The lowest BCUT2D eigenvalue weighted by Crippen LogP contribution is -2.40. The Labute approximate surface area is 126 Å². The third-order valence-electron chi connectivity index (χ3n) is 3.87. The summed E-state index contributed by atoms with van der Waals surface area (Å²) >= 11 is 4.91. The molecular weight excluding hydrogens is 274 g/mol. The van der Waals surface area contributed by atoms with Gasteiger partial charge in [-0.2, -0.15) is 0 Å². The fourth-order valence-electron chi connectivity index (χ4n) is 2.48. The normalized spacial score (nSPS) is 19.8. The van der Waals surface area contributed by atoms with Crippen LogP contribution in [0.1, 0.15) is 25.7 Å². The predicted molar refractivity (Wildman–Crippen MR) is 82.6 cm³/mol. The number of hydrogen-bond donors (Lipinski definition) is 1. The van der Waals surface area contributed by atoms with Crippen LogP contribution < -0.4 is 5.73 Å². The lowest BCUT2D eigenvalue weighted by molar-refractivity contribution is -0.132. The zero-order chi connectivity index (χ0) is 14.4. The van der Waals surface area contributed by atoms with Crippen LogP contribution in [-0.2, 0) is 9.53 Å². The van der Waals surface area contributed by atoms with Gasteiger partial charge in [0.05, 0.1) is 18.2 Å². The molecule has 0 atom stereocenters. The van der Waals surface area contributed by atoms with Crippen molar-refractivity contribution in [2.75, 3.05) is 45.9 Å². The van der Waals surface area contributed by atoms with E-state index in [0.29, 0.717) is 23.9 Å². The summed E-state index contributed by atoms with van der Waals surface area (Å²) in [6.45, 7) is 6.18. The fraction of sp³-hybridized carbons (Fsp3) is 0.857. The van der Waals surface area contributed by atoms with Crippen LogP contribution >= 0.6 is 12.2 Å². The quantitative estimate of drug-likeness (QED) is 0.666. The second-order valence-electron chi connectivity index (χ2n) is 5.62. The molecule has 20 heavy (non-hydrogen) atoms. The Morgan fingerprint density at radius 2 is 2.00 bits per heavy atom. The number of morpholine rings is 1. The van der Waals surface area contributed by atoms with Gasteiger partial charge in [-0.15, -0.1) is 0 Å². The molecule has 2 fully saturated rings. The number of nitrogens with two attached hydrogens (primary N) is 1. The molecule has 2 aliphatic rings. The van der Waals surface area contributed by atoms with Gasteiger partial charge < -0.3 is 15.4 Å². The Kier molecular flexibility index (Phi) is 6.19. The van der Waals surface area contributed by atoms with Crippen molar-refractivity contribution in [3.05, 3.63) is 0 Å². The Balaban J connectivity index is 1.71. The second-order valence-corrected chi connectivity index (χ2v) is 6.15. The van der Waals surface area contributed by atoms with Gasteiger partial charge in [0, 0.05) is 45.1 Å². The monoisotopic (exact) mass is 299 g/mol. The maximum absolute atomic E-state index is 12.2. The van der Waals surface area contributed by atoms with Crippen LogP contribution in [0.25, 0.3) is 0 Å². The van der Waals surface area contributed by atoms with Crippen LogP contribution in [0.15, 0.2) is 0 Å². The average molecular weight is 299 g/mol. The summed E-state index contributed by atoms with van der Waals surface area (Å²) in [6, 6.07) is 0. The molecular formula is C14H25N3O2S. The number of hydrogen-bond acceptors (Lipinski definition) is 4. The number of amides is 1. The van der Waals surface area contributed by atoms with Crippen molar-refractivity contribution >= 4 is 23.1 Å². The summed E-state index contributed by atoms with van der Waals surface area (Å²) in [4.78, 5) is 17.1. The Morgan fingerprint density at radius 1 is 1.30 bits per heavy atom. The van der Waals surface area contributed by atoms with Gasteiger partial charge in [0.1, 0.15) is 0 Å². The van der Waals surface area contributed by atoms with Crippen molar-refractivity contribution in [2.45, 2.75) is 25.7 Å². The summed E-state index contributed by atoms with van der Waals surface area (Å²) in [5, 5.41) is 0. The van der Waals surface area contributed by atoms with Gasteiger partial charge in [0.2, 0.25) is 5.91 Å². The molecule has 0 aromatic rings. The average Bonchev–Trinajstić information content (AvgIpc) is 3.27. The highest BCUT2D eigenvalue weighted by atomic mass is 32.1. The van der Waals surface area contributed by atoms with E-state index in [1.807, 2.05) is 4.90 Å². The summed E-state index contributed by atoms with van der Waals surface area (Å²) < 4.78 is 5.34. The molecule has 2 N–H and O–H groups in total. The first-order valence-corrected chi connectivity index (χ1v) is 7.95. The molecule has 1 saturated heterocycles. The van der Waals surface area contributed by atoms with E-state index in [0.717, 1.165) is 58.7 Å². The maximum atomic E-state index is 12.2. The van der Waals surface area contributed by atoms with Crippen molar-refractivity contribution in [1.29, 1.82) is 0 Å². The van der Waals surface area contributed by atoms with E-state index in [2.05, 4.69) is 4.90 Å². The predicted octanol–water partition coefficient (Wildman–Crippen LogP) is 0.623. The number of rotatable bonds is 8. The summed E-state index contributed by atoms with van der Waals surface area (Å²) in [5.74, 6) is 0.563. The number of nitrogens with zero attached hydrogens (tertiary/aromatic N) is 2. The molecule has 1 aliphatic carbocycles. The van der Waals surface area contributed by atoms with E-state index >= 15 is 0 Å². The smallest absolute Gasteiger partial charge is 0.225 e. The van der Waals surface area contributed by atoms with Crippen LogP contribution in [-0.4, -0.2) is 66.6 Å². The first-order chi connectivity index (χ1) is 9.66. The van der Waals surface area contributed by atoms with Gasteiger partial charge in [-0.3, -0.25) is 9.69 Å². The van der Waals surface area contributed by atoms with Crippen molar-refractivity contribution in [2.24, 2.45) is 11.7 Å². The third-order valence-corrected chi connectivity index (χ3v) is 4.08. The summed E-state index contributed by atoms with van der Waals surface area (Å²) in [6.07, 6.45) is 3.73. The van der Waals surface area contributed by atoms with Crippen LogP contribution in [0.5, 0.6) is 0 Å². The summed E-state index contributed by atoms with van der Waals surface area (Å²) in [7, 11) is 0. The van der Waals surface area contributed by atoms with Crippen molar-refractivity contribution in [1.82, 2.24) is 9.80 Å². The first kappa shape index (κ1) is 15.7. The van der Waals surface area contributed by atoms with Crippen molar-refractivity contribution in [3.63, 3.8) is 0 Å². The number of carbonyl (C=O) groups excluding carboxylic acids is 1. The summed E-state index contributed by atoms with van der Waals surface area (Å²) in [5.41, 5.74) is 5.55. The van der Waals surface area contributed by atoms with Gasteiger partial charge >= 0.3 is 0 Å². The van der Waals surface area contributed by atoms with Crippen LogP contribution in [0.2, 0.25) is 0 Å². The molecule has 0 radical (unpaired) electrons. The topological polar surface area (TPSA) is 58.8 Å². The molecule has 6 heteroatoms. The molecule has 0 bridgehead atoms. The first-order valence-electron chi connectivity index (χ1n) is 7.54. The Bertz CT molecular complexity index is 341. The molecule has 0 aromatic heterocycles. The minimum atomic E-state index is 0.268. The standard InChI is InChI=1S/C14H25N3O2S/c15-13(20)4-7-17(14(18)12-2-3-12)6-1-5-16-8-10-19-11-9-16/h12H,1-11H2,(H2,15,20). The fourth-order valence-corrected chi connectivity index (χ4v) is 2.57. The number of thiocarbonyl (C=S) groups is 1.